The summed E-state index contributed by atoms with van der Waals surface area (Å²) in [7, 11) is 0. The molecule has 0 aliphatic heterocycles. The highest BCUT2D eigenvalue weighted by atomic mass is 19.1. The van der Waals surface area contributed by atoms with Gasteiger partial charge in [0.25, 0.3) is 5.91 Å². The number of nitrogens with zero attached hydrogens (tertiary/aromatic N) is 1. The van der Waals surface area contributed by atoms with Gasteiger partial charge in [-0.3, -0.25) is 14.9 Å². The van der Waals surface area contributed by atoms with Crippen LogP contribution in [-0.2, 0) is 17.6 Å². The fourth-order valence-electron chi connectivity index (χ4n) is 4.70. The van der Waals surface area contributed by atoms with Crippen molar-refractivity contribution in [2.24, 2.45) is 0 Å². The van der Waals surface area contributed by atoms with Crippen LogP contribution in [0.4, 0.5) is 4.39 Å². The zero-order valence-corrected chi connectivity index (χ0v) is 17.9. The first-order valence-corrected chi connectivity index (χ1v) is 10.7. The standard InChI is InChI=1S/C25H28FN3O2/c1-3-29(11-10-19-15-27-23-14-20(26)6-8-21(19)23)24-9-5-18-13-17(4-7-22(18)24)16(2)12-25(30)28-31/h4,6-8,12-15,24,27,31H,3,5,9-11H2,1-2H3,(H,28,30)/b16-12-. The number of rotatable bonds is 7. The van der Waals surface area contributed by atoms with Crippen LogP contribution in [0.25, 0.3) is 16.5 Å². The van der Waals surface area contributed by atoms with Gasteiger partial charge >= 0.3 is 0 Å². The molecule has 0 saturated heterocycles. The van der Waals surface area contributed by atoms with Crippen LogP contribution in [0.5, 0.6) is 0 Å². The lowest BCUT2D eigenvalue weighted by Gasteiger charge is -2.28. The molecule has 0 bridgehead atoms. The van der Waals surface area contributed by atoms with Crippen molar-refractivity contribution in [2.75, 3.05) is 13.1 Å². The van der Waals surface area contributed by atoms with Gasteiger partial charge in [-0.2, -0.15) is 0 Å². The zero-order valence-electron chi connectivity index (χ0n) is 17.9. The van der Waals surface area contributed by atoms with E-state index in [1.807, 2.05) is 19.2 Å². The Morgan fingerprint density at radius 1 is 1.32 bits per heavy atom. The van der Waals surface area contributed by atoms with E-state index in [0.717, 1.165) is 54.4 Å². The number of hydrogen-bond acceptors (Lipinski definition) is 3. The van der Waals surface area contributed by atoms with Gasteiger partial charge in [0.05, 0.1) is 0 Å². The van der Waals surface area contributed by atoms with Crippen LogP contribution in [-0.4, -0.2) is 34.1 Å². The maximum Gasteiger partial charge on any atom is 0.267 e. The molecular weight excluding hydrogens is 393 g/mol. The SMILES string of the molecule is CCN(CCc1c[nH]c2cc(F)ccc12)C1CCc2cc(/C(C)=C\C(=O)NO)ccc21. The van der Waals surface area contributed by atoms with Crippen LogP contribution in [0.15, 0.2) is 48.7 Å². The number of amides is 1. The number of carbonyl (C=O) groups excluding carboxylic acids is 1. The lowest BCUT2D eigenvalue weighted by atomic mass is 9.99. The largest absolute Gasteiger partial charge is 0.361 e. The third-order valence-corrected chi connectivity index (χ3v) is 6.35. The summed E-state index contributed by atoms with van der Waals surface area (Å²) in [5.41, 5.74) is 8.19. The highest BCUT2D eigenvalue weighted by Crippen LogP contribution is 2.37. The monoisotopic (exact) mass is 421 g/mol. The first kappa shape index (κ1) is 21.3. The van der Waals surface area contributed by atoms with Crippen LogP contribution in [0.2, 0.25) is 0 Å². The lowest BCUT2D eigenvalue weighted by Crippen LogP contribution is -2.29. The minimum atomic E-state index is -0.520. The van der Waals surface area contributed by atoms with Gasteiger partial charge in [0.2, 0.25) is 0 Å². The molecule has 1 unspecified atom stereocenters. The molecular formula is C25H28FN3O2. The molecule has 0 radical (unpaired) electrons. The number of H-pyrrole nitrogens is 1. The second kappa shape index (κ2) is 9.04. The Bertz CT molecular complexity index is 1130. The molecule has 1 heterocycles. The summed E-state index contributed by atoms with van der Waals surface area (Å²) in [5, 5.41) is 9.82. The van der Waals surface area contributed by atoms with Crippen LogP contribution < -0.4 is 5.48 Å². The number of aromatic amines is 1. The van der Waals surface area contributed by atoms with E-state index < -0.39 is 5.91 Å². The minimum Gasteiger partial charge on any atom is -0.361 e. The highest BCUT2D eigenvalue weighted by Gasteiger charge is 2.27. The molecule has 1 amide bonds. The number of carbonyl (C=O) groups is 1. The molecule has 0 fully saturated rings. The van der Waals surface area contributed by atoms with Crippen LogP contribution in [0, 0.1) is 5.82 Å². The number of allylic oxidation sites excluding steroid dienone is 1. The van der Waals surface area contributed by atoms with E-state index in [0.29, 0.717) is 6.04 Å². The van der Waals surface area contributed by atoms with Gasteiger partial charge in [0.1, 0.15) is 5.82 Å². The van der Waals surface area contributed by atoms with Gasteiger partial charge in [-0.25, -0.2) is 9.87 Å². The normalized spacial score (nSPS) is 16.2. The van der Waals surface area contributed by atoms with Crippen molar-refractivity contribution in [3.63, 3.8) is 0 Å². The van der Waals surface area contributed by atoms with Gasteiger partial charge in [-0.15, -0.1) is 0 Å². The molecule has 1 aliphatic rings. The number of hydroxylamine groups is 1. The number of fused-ring (bicyclic) bond motifs is 2. The van der Waals surface area contributed by atoms with E-state index in [-0.39, 0.29) is 5.82 Å². The smallest absolute Gasteiger partial charge is 0.267 e. The Morgan fingerprint density at radius 2 is 2.16 bits per heavy atom. The second-order valence-electron chi connectivity index (χ2n) is 8.15. The van der Waals surface area contributed by atoms with E-state index in [1.165, 1.54) is 28.8 Å². The third-order valence-electron chi connectivity index (χ3n) is 6.35. The molecule has 2 aromatic carbocycles. The number of aromatic nitrogens is 1. The van der Waals surface area contributed by atoms with Gasteiger partial charge in [-0.1, -0.05) is 25.1 Å². The number of aryl methyl sites for hydroxylation is 1. The van der Waals surface area contributed by atoms with Gasteiger partial charge in [0.15, 0.2) is 0 Å². The topological polar surface area (TPSA) is 68.4 Å². The van der Waals surface area contributed by atoms with E-state index in [2.05, 4.69) is 35.0 Å². The lowest BCUT2D eigenvalue weighted by molar-refractivity contribution is -0.124. The molecule has 1 aliphatic carbocycles. The van der Waals surface area contributed by atoms with Crippen molar-refractivity contribution >= 4 is 22.4 Å². The molecule has 1 aromatic heterocycles. The van der Waals surface area contributed by atoms with Crippen LogP contribution in [0.1, 0.15) is 48.6 Å². The van der Waals surface area contributed by atoms with Crippen LogP contribution in [0.3, 0.4) is 0 Å². The molecule has 5 nitrogen and oxygen atoms in total. The molecule has 4 rings (SSSR count). The Balaban J connectivity index is 1.49. The third kappa shape index (κ3) is 4.40. The molecule has 6 heteroatoms. The van der Waals surface area contributed by atoms with Crippen molar-refractivity contribution in [3.8, 4) is 0 Å². The fraction of sp³-hybridized carbons (Fsp3) is 0.320. The van der Waals surface area contributed by atoms with Gasteiger partial charge in [-0.05, 0) is 78.8 Å². The summed E-state index contributed by atoms with van der Waals surface area (Å²) >= 11 is 0. The quantitative estimate of drug-likeness (QED) is 0.292. The Morgan fingerprint density at radius 3 is 2.94 bits per heavy atom. The van der Waals surface area contributed by atoms with Gasteiger partial charge in [0, 0.05) is 35.8 Å². The maximum atomic E-state index is 13.5. The van der Waals surface area contributed by atoms with Gasteiger partial charge < -0.3 is 4.98 Å². The maximum absolute atomic E-state index is 13.5. The summed E-state index contributed by atoms with van der Waals surface area (Å²) in [5.74, 6) is -0.742. The number of halogens is 1. The van der Waals surface area contributed by atoms with Crippen molar-refractivity contribution in [3.05, 3.63) is 76.7 Å². The number of hydrogen-bond donors (Lipinski definition) is 3. The molecule has 31 heavy (non-hydrogen) atoms. The molecule has 1 atom stereocenters. The van der Waals surface area contributed by atoms with Crippen molar-refractivity contribution in [1.82, 2.24) is 15.4 Å². The summed E-state index contributed by atoms with van der Waals surface area (Å²) in [4.78, 5) is 17.1. The molecule has 3 aromatic rings. The van der Waals surface area contributed by atoms with Crippen LogP contribution >= 0.6 is 0 Å². The highest BCUT2D eigenvalue weighted by molar-refractivity contribution is 5.94. The summed E-state index contributed by atoms with van der Waals surface area (Å²) in [6.45, 7) is 5.95. The summed E-state index contributed by atoms with van der Waals surface area (Å²) < 4.78 is 13.5. The zero-order chi connectivity index (χ0) is 22.0. The van der Waals surface area contributed by atoms with Crippen molar-refractivity contribution in [1.29, 1.82) is 0 Å². The first-order chi connectivity index (χ1) is 15.0. The van der Waals surface area contributed by atoms with E-state index in [1.54, 1.807) is 11.5 Å². The Labute approximate surface area is 181 Å². The van der Waals surface area contributed by atoms with Crippen molar-refractivity contribution < 1.29 is 14.4 Å². The minimum absolute atomic E-state index is 0.222. The number of likely N-dealkylation sites (N-methyl/N-ethyl adjacent to an activating group) is 1. The summed E-state index contributed by atoms with van der Waals surface area (Å²) in [6, 6.07) is 11.7. The van der Waals surface area contributed by atoms with Crippen molar-refractivity contribution in [2.45, 2.75) is 39.2 Å². The predicted molar refractivity (Wildman–Crippen MR) is 120 cm³/mol. The fourth-order valence-corrected chi connectivity index (χ4v) is 4.70. The van der Waals surface area contributed by atoms with E-state index in [4.69, 9.17) is 5.21 Å². The Kier molecular flexibility index (Phi) is 6.20. The number of benzene rings is 2. The molecule has 0 spiro atoms. The Hall–Kier alpha value is -2.96. The van der Waals surface area contributed by atoms with E-state index in [9.17, 15) is 9.18 Å². The first-order valence-electron chi connectivity index (χ1n) is 10.7. The summed E-state index contributed by atoms with van der Waals surface area (Å²) in [6.07, 6.45) is 6.38. The average Bonchev–Trinajstić information content (AvgIpc) is 3.37. The predicted octanol–water partition coefficient (Wildman–Crippen LogP) is 4.77. The molecule has 0 saturated carbocycles. The molecule has 3 N–H and O–H groups in total. The molecule has 162 valence electrons. The number of nitrogens with one attached hydrogen (secondary N) is 2. The van der Waals surface area contributed by atoms with E-state index >= 15 is 0 Å². The average molecular weight is 422 g/mol. The second-order valence-corrected chi connectivity index (χ2v) is 8.15.